The zero-order valence-electron chi connectivity index (χ0n) is 10.6. The van der Waals surface area contributed by atoms with Gasteiger partial charge in [0, 0.05) is 12.6 Å². The first-order valence-electron chi connectivity index (χ1n) is 6.72. The van der Waals surface area contributed by atoms with Gasteiger partial charge in [0.2, 0.25) is 5.96 Å². The Morgan fingerprint density at radius 2 is 2.00 bits per heavy atom. The van der Waals surface area contributed by atoms with Crippen molar-refractivity contribution in [2.75, 3.05) is 6.61 Å². The topological polar surface area (TPSA) is 71.7 Å². The van der Waals surface area contributed by atoms with Crippen LogP contribution in [0.3, 0.4) is 0 Å². The molecule has 1 aliphatic carbocycles. The van der Waals surface area contributed by atoms with E-state index in [1.54, 1.807) is 0 Å². The fourth-order valence-electron chi connectivity index (χ4n) is 2.61. The van der Waals surface area contributed by atoms with E-state index in [0.717, 1.165) is 19.0 Å². The second-order valence-corrected chi connectivity index (χ2v) is 5.03. The first-order chi connectivity index (χ1) is 8.29. The fraction of sp³-hybridized carbons (Fsp3) is 0.917. The van der Waals surface area contributed by atoms with Gasteiger partial charge < -0.3 is 10.1 Å². The summed E-state index contributed by atoms with van der Waals surface area (Å²) >= 11 is 0. The Balaban J connectivity index is 1.88. The van der Waals surface area contributed by atoms with Crippen molar-refractivity contribution in [3.63, 3.8) is 0 Å². The summed E-state index contributed by atoms with van der Waals surface area (Å²) in [5, 5.41) is 3.41. The lowest BCUT2D eigenvalue weighted by Crippen LogP contribution is -2.47. The molecule has 0 aromatic heterocycles. The largest absolute Gasteiger partial charge is 0.376 e. The van der Waals surface area contributed by atoms with Crippen LogP contribution in [0.25, 0.3) is 0 Å². The van der Waals surface area contributed by atoms with Crippen LogP contribution >= 0.6 is 0 Å². The molecule has 5 heteroatoms. The zero-order valence-corrected chi connectivity index (χ0v) is 10.6. The van der Waals surface area contributed by atoms with E-state index in [2.05, 4.69) is 22.7 Å². The third-order valence-corrected chi connectivity index (χ3v) is 3.71. The molecular formula is C12H24N4O. The van der Waals surface area contributed by atoms with Crippen molar-refractivity contribution in [2.45, 2.75) is 63.6 Å². The minimum absolute atomic E-state index is 0.200. The standard InChI is InChI=1S/C12H24N4O/c1-9-11(7-8-17-9)15-12(16-13)14-10-5-3-2-4-6-10/h9-11H,2-8,13H2,1H3,(H2,14,15,16). The van der Waals surface area contributed by atoms with Gasteiger partial charge in [0.25, 0.3) is 0 Å². The molecule has 0 radical (unpaired) electrons. The fourth-order valence-corrected chi connectivity index (χ4v) is 2.61. The van der Waals surface area contributed by atoms with Gasteiger partial charge >= 0.3 is 0 Å². The minimum atomic E-state index is 0.200. The van der Waals surface area contributed by atoms with Crippen molar-refractivity contribution in [2.24, 2.45) is 10.8 Å². The Hall–Kier alpha value is -0.810. The highest BCUT2D eigenvalue weighted by Gasteiger charge is 2.24. The van der Waals surface area contributed by atoms with E-state index in [1.807, 2.05) is 0 Å². The van der Waals surface area contributed by atoms with Gasteiger partial charge in [0.15, 0.2) is 0 Å². The van der Waals surface area contributed by atoms with Crippen LogP contribution in [-0.4, -0.2) is 30.8 Å². The zero-order chi connectivity index (χ0) is 12.1. The Morgan fingerprint density at radius 3 is 2.59 bits per heavy atom. The van der Waals surface area contributed by atoms with E-state index in [-0.39, 0.29) is 12.1 Å². The Kier molecular flexibility index (Phi) is 4.62. The highest BCUT2D eigenvalue weighted by atomic mass is 16.5. The summed E-state index contributed by atoms with van der Waals surface area (Å²) in [5.74, 6) is 6.25. The first kappa shape index (κ1) is 12.6. The molecule has 1 saturated heterocycles. The highest BCUT2D eigenvalue weighted by Crippen LogP contribution is 2.18. The number of hydrogen-bond acceptors (Lipinski definition) is 3. The molecule has 0 aromatic carbocycles. The van der Waals surface area contributed by atoms with Gasteiger partial charge in [0.05, 0.1) is 12.1 Å². The molecule has 5 nitrogen and oxygen atoms in total. The van der Waals surface area contributed by atoms with Crippen molar-refractivity contribution >= 4 is 5.96 Å². The average Bonchev–Trinajstić information content (AvgIpc) is 2.75. The molecule has 17 heavy (non-hydrogen) atoms. The van der Waals surface area contributed by atoms with E-state index in [1.165, 1.54) is 32.1 Å². The smallest absolute Gasteiger partial charge is 0.206 e. The molecule has 2 rings (SSSR count). The second-order valence-electron chi connectivity index (χ2n) is 5.03. The summed E-state index contributed by atoms with van der Waals surface area (Å²) in [6, 6.07) is 0.758. The van der Waals surface area contributed by atoms with Crippen molar-refractivity contribution in [3.8, 4) is 0 Å². The maximum atomic E-state index is 5.53. The van der Waals surface area contributed by atoms with Crippen LogP contribution in [0, 0.1) is 0 Å². The molecule has 2 aliphatic rings. The first-order valence-corrected chi connectivity index (χ1v) is 6.72. The molecule has 0 amide bonds. The summed E-state index contributed by atoms with van der Waals surface area (Å²) in [5.41, 5.74) is 2.68. The molecule has 98 valence electrons. The van der Waals surface area contributed by atoms with Gasteiger partial charge in [0.1, 0.15) is 0 Å². The predicted molar refractivity (Wildman–Crippen MR) is 68.6 cm³/mol. The maximum absolute atomic E-state index is 5.53. The van der Waals surface area contributed by atoms with Gasteiger partial charge in [-0.3, -0.25) is 5.43 Å². The van der Waals surface area contributed by atoms with Crippen LogP contribution in [-0.2, 0) is 4.74 Å². The van der Waals surface area contributed by atoms with E-state index in [0.29, 0.717) is 6.04 Å². The molecule has 1 saturated carbocycles. The van der Waals surface area contributed by atoms with Gasteiger partial charge in [-0.15, -0.1) is 0 Å². The van der Waals surface area contributed by atoms with Crippen molar-refractivity contribution in [3.05, 3.63) is 0 Å². The highest BCUT2D eigenvalue weighted by molar-refractivity contribution is 5.79. The quantitative estimate of drug-likeness (QED) is 0.290. The Morgan fingerprint density at radius 1 is 1.24 bits per heavy atom. The molecule has 1 heterocycles. The summed E-state index contributed by atoms with van der Waals surface area (Å²) in [7, 11) is 0. The molecule has 0 bridgehead atoms. The Bertz CT molecular complexity index is 263. The molecule has 0 aromatic rings. The molecule has 2 fully saturated rings. The summed E-state index contributed by atoms with van der Waals surface area (Å²) in [6.45, 7) is 2.87. The third-order valence-electron chi connectivity index (χ3n) is 3.71. The molecule has 2 atom stereocenters. The van der Waals surface area contributed by atoms with Gasteiger partial charge in [-0.05, 0) is 26.2 Å². The summed E-state index contributed by atoms with van der Waals surface area (Å²) in [4.78, 5) is 4.61. The number of aliphatic imine (C=N–C) groups is 1. The Labute approximate surface area is 103 Å². The average molecular weight is 240 g/mol. The predicted octanol–water partition coefficient (Wildman–Crippen LogP) is 0.905. The van der Waals surface area contributed by atoms with Gasteiger partial charge in [-0.2, -0.15) is 0 Å². The van der Waals surface area contributed by atoms with E-state index < -0.39 is 0 Å². The molecule has 2 unspecified atom stereocenters. The van der Waals surface area contributed by atoms with Gasteiger partial charge in [-0.25, -0.2) is 10.8 Å². The normalized spacial score (nSPS) is 31.5. The van der Waals surface area contributed by atoms with Gasteiger partial charge in [-0.1, -0.05) is 19.3 Å². The number of rotatable bonds is 2. The number of nitrogens with zero attached hydrogens (tertiary/aromatic N) is 1. The third kappa shape index (κ3) is 3.57. The number of nitrogens with two attached hydrogens (primary N) is 1. The van der Waals surface area contributed by atoms with Crippen LogP contribution in [0.15, 0.2) is 4.99 Å². The number of ether oxygens (including phenoxy) is 1. The van der Waals surface area contributed by atoms with Crippen molar-refractivity contribution in [1.29, 1.82) is 0 Å². The van der Waals surface area contributed by atoms with Crippen LogP contribution in [0.2, 0.25) is 0 Å². The van der Waals surface area contributed by atoms with E-state index >= 15 is 0 Å². The lowest BCUT2D eigenvalue weighted by atomic mass is 9.96. The van der Waals surface area contributed by atoms with Crippen molar-refractivity contribution in [1.82, 2.24) is 10.7 Å². The number of hydrazine groups is 1. The number of guanidine groups is 1. The molecule has 0 spiro atoms. The number of hydrogen-bond donors (Lipinski definition) is 3. The van der Waals surface area contributed by atoms with Crippen LogP contribution in [0.5, 0.6) is 0 Å². The molecular weight excluding hydrogens is 216 g/mol. The lowest BCUT2D eigenvalue weighted by molar-refractivity contribution is 0.119. The lowest BCUT2D eigenvalue weighted by Gasteiger charge is -2.25. The second kappa shape index (κ2) is 6.21. The maximum Gasteiger partial charge on any atom is 0.206 e. The van der Waals surface area contributed by atoms with Crippen molar-refractivity contribution < 1.29 is 4.74 Å². The van der Waals surface area contributed by atoms with E-state index in [9.17, 15) is 0 Å². The minimum Gasteiger partial charge on any atom is -0.376 e. The molecule has 4 N–H and O–H groups in total. The number of nitrogens with one attached hydrogen (secondary N) is 2. The van der Waals surface area contributed by atoms with E-state index in [4.69, 9.17) is 10.6 Å². The summed E-state index contributed by atoms with van der Waals surface area (Å²) in [6.07, 6.45) is 7.59. The molecule has 1 aliphatic heterocycles. The van der Waals surface area contributed by atoms with Crippen LogP contribution < -0.4 is 16.6 Å². The SMILES string of the molecule is CC1OCCC1N=C(NN)NC1CCCCC1. The monoisotopic (exact) mass is 240 g/mol. The van der Waals surface area contributed by atoms with Crippen LogP contribution in [0.1, 0.15) is 45.4 Å². The van der Waals surface area contributed by atoms with Crippen LogP contribution in [0.4, 0.5) is 0 Å². The summed E-state index contributed by atoms with van der Waals surface area (Å²) < 4.78 is 5.50.